The van der Waals surface area contributed by atoms with Gasteiger partial charge in [-0.3, -0.25) is 4.79 Å². The summed E-state index contributed by atoms with van der Waals surface area (Å²) in [6, 6.07) is 3.77. The molecule has 0 aliphatic rings. The zero-order chi connectivity index (χ0) is 15.7. The lowest BCUT2D eigenvalue weighted by Crippen LogP contribution is -2.17. The fraction of sp³-hybridized carbons (Fsp3) is 0.133. The van der Waals surface area contributed by atoms with E-state index in [0.717, 1.165) is 0 Å². The fourth-order valence-corrected chi connectivity index (χ4v) is 1.88. The zero-order valence-electron chi connectivity index (χ0n) is 11.3. The number of hydrogen-bond acceptors (Lipinski definition) is 2. The van der Waals surface area contributed by atoms with Gasteiger partial charge in [0, 0.05) is 17.8 Å². The number of aromatic hydroxyl groups is 1. The molecule has 6 heteroatoms. The molecular formula is C15H12F3NO2. The minimum absolute atomic E-state index is 0.0460. The summed E-state index contributed by atoms with van der Waals surface area (Å²) >= 11 is 0. The Balaban J connectivity index is 2.37. The van der Waals surface area contributed by atoms with E-state index in [2.05, 4.69) is 5.32 Å². The van der Waals surface area contributed by atoms with Gasteiger partial charge in [-0.1, -0.05) is 0 Å². The lowest BCUT2D eigenvalue weighted by atomic mass is 10.1. The smallest absolute Gasteiger partial charge is 0.261 e. The summed E-state index contributed by atoms with van der Waals surface area (Å²) in [5, 5.41) is 11.9. The Hall–Kier alpha value is -2.50. The van der Waals surface area contributed by atoms with E-state index in [1.54, 1.807) is 13.8 Å². The highest BCUT2D eigenvalue weighted by Gasteiger charge is 2.20. The molecule has 0 fully saturated rings. The quantitative estimate of drug-likeness (QED) is 0.830. The molecular weight excluding hydrogens is 283 g/mol. The van der Waals surface area contributed by atoms with Crippen LogP contribution in [0.15, 0.2) is 24.3 Å². The third kappa shape index (κ3) is 2.99. The van der Waals surface area contributed by atoms with E-state index in [1.165, 1.54) is 12.1 Å². The fourth-order valence-electron chi connectivity index (χ4n) is 1.88. The van der Waals surface area contributed by atoms with Crippen LogP contribution in [0.5, 0.6) is 5.75 Å². The highest BCUT2D eigenvalue weighted by atomic mass is 19.1. The van der Waals surface area contributed by atoms with Crippen molar-refractivity contribution < 1.29 is 23.1 Å². The maximum Gasteiger partial charge on any atom is 0.261 e. The zero-order valence-corrected chi connectivity index (χ0v) is 11.3. The number of carbonyl (C=O) groups excluding carboxylic acids is 1. The third-order valence-corrected chi connectivity index (χ3v) is 3.03. The summed E-state index contributed by atoms with van der Waals surface area (Å²) in [6.45, 7) is 3.23. The summed E-state index contributed by atoms with van der Waals surface area (Å²) in [5.41, 5.74) is 0.463. The number of amides is 1. The van der Waals surface area contributed by atoms with Gasteiger partial charge in [0.25, 0.3) is 5.91 Å². The second kappa shape index (κ2) is 5.47. The Kier molecular flexibility index (Phi) is 3.88. The van der Waals surface area contributed by atoms with Crippen molar-refractivity contribution in [3.8, 4) is 5.75 Å². The average Bonchev–Trinajstić information content (AvgIpc) is 2.34. The van der Waals surface area contributed by atoms with Gasteiger partial charge >= 0.3 is 0 Å². The number of halogens is 3. The van der Waals surface area contributed by atoms with Crippen LogP contribution < -0.4 is 5.32 Å². The third-order valence-electron chi connectivity index (χ3n) is 3.03. The number of hydrogen-bond donors (Lipinski definition) is 2. The number of rotatable bonds is 2. The summed E-state index contributed by atoms with van der Waals surface area (Å²) < 4.78 is 39.9. The molecule has 0 aromatic heterocycles. The van der Waals surface area contributed by atoms with Crippen LogP contribution in [-0.4, -0.2) is 11.0 Å². The number of carbonyl (C=O) groups is 1. The highest BCUT2D eigenvalue weighted by molar-refractivity contribution is 6.05. The van der Waals surface area contributed by atoms with E-state index in [1.807, 2.05) is 0 Å². The molecule has 2 aromatic carbocycles. The largest absolute Gasteiger partial charge is 0.508 e. The van der Waals surface area contributed by atoms with Crippen LogP contribution in [0.2, 0.25) is 0 Å². The van der Waals surface area contributed by atoms with Crippen LogP contribution in [0.3, 0.4) is 0 Å². The second-order valence-electron chi connectivity index (χ2n) is 4.65. The van der Waals surface area contributed by atoms with E-state index in [-0.39, 0.29) is 5.75 Å². The van der Waals surface area contributed by atoms with Gasteiger partial charge in [0.05, 0.1) is 0 Å². The van der Waals surface area contributed by atoms with Crippen LogP contribution in [0.25, 0.3) is 0 Å². The second-order valence-corrected chi connectivity index (χ2v) is 4.65. The predicted molar refractivity (Wildman–Crippen MR) is 71.9 cm³/mol. The molecule has 0 atom stereocenters. The van der Waals surface area contributed by atoms with Gasteiger partial charge in [0.1, 0.15) is 28.8 Å². The number of phenolic OH excluding ortho intramolecular Hbond substituents is 1. The maximum absolute atomic E-state index is 13.5. The standard InChI is InChI=1S/C15H12F3NO2/c1-7-4-13(20)8(2)3-12(7)19-15(21)14-10(17)5-9(16)6-11(14)18/h3-6,20H,1-2H3,(H,19,21). The van der Waals surface area contributed by atoms with Crippen LogP contribution >= 0.6 is 0 Å². The van der Waals surface area contributed by atoms with Crippen LogP contribution in [0.1, 0.15) is 21.5 Å². The number of phenols is 1. The van der Waals surface area contributed by atoms with Crippen molar-refractivity contribution in [1.29, 1.82) is 0 Å². The molecule has 0 radical (unpaired) electrons. The Morgan fingerprint density at radius 1 is 1.00 bits per heavy atom. The topological polar surface area (TPSA) is 49.3 Å². The minimum atomic E-state index is -1.28. The van der Waals surface area contributed by atoms with E-state index in [0.29, 0.717) is 28.9 Å². The molecule has 2 rings (SSSR count). The molecule has 0 bridgehead atoms. The Morgan fingerprint density at radius 2 is 1.57 bits per heavy atom. The maximum atomic E-state index is 13.5. The van der Waals surface area contributed by atoms with Crippen LogP contribution in [0, 0.1) is 31.3 Å². The first kappa shape index (κ1) is 14.9. The van der Waals surface area contributed by atoms with Crippen molar-refractivity contribution in [2.45, 2.75) is 13.8 Å². The first-order chi connectivity index (χ1) is 9.79. The molecule has 1 amide bonds. The minimum Gasteiger partial charge on any atom is -0.508 e. The van der Waals surface area contributed by atoms with Crippen LogP contribution in [-0.2, 0) is 0 Å². The number of anilines is 1. The monoisotopic (exact) mass is 295 g/mol. The van der Waals surface area contributed by atoms with E-state index in [4.69, 9.17) is 0 Å². The van der Waals surface area contributed by atoms with Gasteiger partial charge in [0.2, 0.25) is 0 Å². The normalized spacial score (nSPS) is 10.5. The first-order valence-electron chi connectivity index (χ1n) is 6.05. The van der Waals surface area contributed by atoms with Crippen molar-refractivity contribution in [2.24, 2.45) is 0 Å². The number of benzene rings is 2. The number of aryl methyl sites for hydroxylation is 2. The van der Waals surface area contributed by atoms with E-state index >= 15 is 0 Å². The van der Waals surface area contributed by atoms with Gasteiger partial charge in [-0.05, 0) is 37.1 Å². The van der Waals surface area contributed by atoms with Crippen molar-refractivity contribution in [2.75, 3.05) is 5.32 Å². The summed E-state index contributed by atoms with van der Waals surface area (Å²) in [4.78, 5) is 11.9. The van der Waals surface area contributed by atoms with E-state index < -0.39 is 28.9 Å². The Morgan fingerprint density at radius 3 is 2.14 bits per heavy atom. The highest BCUT2D eigenvalue weighted by Crippen LogP contribution is 2.26. The van der Waals surface area contributed by atoms with Gasteiger partial charge in [-0.2, -0.15) is 0 Å². The molecule has 0 heterocycles. The van der Waals surface area contributed by atoms with E-state index in [9.17, 15) is 23.1 Å². The summed E-state index contributed by atoms with van der Waals surface area (Å²) in [7, 11) is 0. The average molecular weight is 295 g/mol. The molecule has 0 unspecified atom stereocenters. The van der Waals surface area contributed by atoms with Crippen LogP contribution in [0.4, 0.5) is 18.9 Å². The lowest BCUT2D eigenvalue weighted by molar-refractivity contribution is 0.101. The van der Waals surface area contributed by atoms with Crippen molar-refractivity contribution in [3.63, 3.8) is 0 Å². The molecule has 0 aliphatic carbocycles. The molecule has 0 spiro atoms. The molecule has 2 aromatic rings. The lowest BCUT2D eigenvalue weighted by Gasteiger charge is -2.11. The molecule has 110 valence electrons. The molecule has 0 saturated carbocycles. The Labute approximate surface area is 119 Å². The number of nitrogens with one attached hydrogen (secondary N) is 1. The molecule has 21 heavy (non-hydrogen) atoms. The summed E-state index contributed by atoms with van der Waals surface area (Å²) in [6.07, 6.45) is 0. The summed E-state index contributed by atoms with van der Waals surface area (Å²) in [5.74, 6) is -4.64. The molecule has 0 aliphatic heterocycles. The van der Waals surface area contributed by atoms with Gasteiger partial charge in [-0.15, -0.1) is 0 Å². The van der Waals surface area contributed by atoms with Crippen molar-refractivity contribution >= 4 is 11.6 Å². The Bertz CT molecular complexity index is 706. The predicted octanol–water partition coefficient (Wildman–Crippen LogP) is 3.68. The van der Waals surface area contributed by atoms with Crippen molar-refractivity contribution in [1.82, 2.24) is 0 Å². The van der Waals surface area contributed by atoms with Gasteiger partial charge in [-0.25, -0.2) is 13.2 Å². The first-order valence-corrected chi connectivity index (χ1v) is 6.05. The molecule has 0 saturated heterocycles. The van der Waals surface area contributed by atoms with Gasteiger partial charge in [0.15, 0.2) is 0 Å². The van der Waals surface area contributed by atoms with Gasteiger partial charge < -0.3 is 10.4 Å². The SMILES string of the molecule is Cc1cc(NC(=O)c2c(F)cc(F)cc2F)c(C)cc1O. The van der Waals surface area contributed by atoms with Crippen molar-refractivity contribution in [3.05, 3.63) is 58.4 Å². The molecule has 3 nitrogen and oxygen atoms in total. The molecule has 2 N–H and O–H groups in total.